The van der Waals surface area contributed by atoms with E-state index in [2.05, 4.69) is 70.5 Å². The van der Waals surface area contributed by atoms with Gasteiger partial charge in [0, 0.05) is 37.8 Å². The van der Waals surface area contributed by atoms with Gasteiger partial charge in [-0.2, -0.15) is 0 Å². The van der Waals surface area contributed by atoms with Gasteiger partial charge in [-0.1, -0.05) is 48.5 Å². The highest BCUT2D eigenvalue weighted by molar-refractivity contribution is 5.79. The number of para-hydroxylation sites is 1. The van der Waals surface area contributed by atoms with Crippen molar-refractivity contribution in [3.05, 3.63) is 66.2 Å². The van der Waals surface area contributed by atoms with Gasteiger partial charge in [0.25, 0.3) is 0 Å². The molecule has 0 atom stereocenters. The largest absolute Gasteiger partial charge is 0.371 e. The van der Waals surface area contributed by atoms with Gasteiger partial charge >= 0.3 is 0 Å². The minimum Gasteiger partial charge on any atom is -0.371 e. The molecule has 0 unspecified atom stereocenters. The van der Waals surface area contributed by atoms with Crippen LogP contribution >= 0.6 is 0 Å². The van der Waals surface area contributed by atoms with Crippen LogP contribution in [0.4, 0.5) is 5.69 Å². The van der Waals surface area contributed by atoms with Crippen molar-refractivity contribution in [2.45, 2.75) is 32.1 Å². The molecule has 0 bridgehead atoms. The maximum absolute atomic E-state index is 13.0. The van der Waals surface area contributed by atoms with E-state index in [-0.39, 0.29) is 5.92 Å². The minimum atomic E-state index is 0.218. The fourth-order valence-corrected chi connectivity index (χ4v) is 4.59. The number of nitrogens with zero attached hydrogens (tertiary/aromatic N) is 2. The first-order valence-corrected chi connectivity index (χ1v) is 10.4. The first-order valence-electron chi connectivity index (χ1n) is 10.4. The second-order valence-electron chi connectivity index (χ2n) is 8.06. The average Bonchev–Trinajstić information content (AvgIpc) is 2.75. The molecule has 0 N–H and O–H groups in total. The van der Waals surface area contributed by atoms with Gasteiger partial charge in [0.1, 0.15) is 0 Å². The summed E-state index contributed by atoms with van der Waals surface area (Å²) in [4.78, 5) is 17.5. The summed E-state index contributed by atoms with van der Waals surface area (Å²) in [6.07, 6.45) is 5.40. The normalized spacial score (nSPS) is 19.3. The Bertz CT molecular complexity index is 715. The molecule has 0 aliphatic carbocycles. The molecule has 4 rings (SSSR count). The number of piperidine rings is 2. The molecule has 0 spiro atoms. The predicted molar refractivity (Wildman–Crippen MR) is 111 cm³/mol. The summed E-state index contributed by atoms with van der Waals surface area (Å²) >= 11 is 0. The van der Waals surface area contributed by atoms with Gasteiger partial charge < -0.3 is 9.80 Å². The fourth-order valence-electron chi connectivity index (χ4n) is 4.59. The molecule has 3 heteroatoms. The van der Waals surface area contributed by atoms with Crippen LogP contribution in [0.15, 0.2) is 60.7 Å². The quantitative estimate of drug-likeness (QED) is 0.806. The van der Waals surface area contributed by atoms with Crippen molar-refractivity contribution in [1.82, 2.24) is 4.90 Å². The molecule has 2 saturated heterocycles. The lowest BCUT2D eigenvalue weighted by molar-refractivity contribution is -0.137. The Morgan fingerprint density at radius 2 is 1.37 bits per heavy atom. The van der Waals surface area contributed by atoms with Crippen LogP contribution in [0.2, 0.25) is 0 Å². The monoisotopic (exact) mass is 362 g/mol. The van der Waals surface area contributed by atoms with Crippen LogP contribution < -0.4 is 4.90 Å². The van der Waals surface area contributed by atoms with E-state index in [1.807, 2.05) is 0 Å². The maximum atomic E-state index is 13.0. The molecule has 0 saturated carbocycles. The number of rotatable bonds is 4. The van der Waals surface area contributed by atoms with E-state index in [1.54, 1.807) is 0 Å². The molecule has 3 nitrogen and oxygen atoms in total. The standard InChI is InChI=1S/C24H30N2O/c27-24(22-13-17-25(18-14-22)23-9-5-2-6-10-23)26-15-11-21(12-16-26)19-20-7-3-1-4-8-20/h1-10,21-22H,11-19H2. The number of amides is 1. The third-order valence-electron chi connectivity index (χ3n) is 6.26. The van der Waals surface area contributed by atoms with Crippen molar-refractivity contribution in [3.8, 4) is 0 Å². The summed E-state index contributed by atoms with van der Waals surface area (Å²) in [5.74, 6) is 1.34. The summed E-state index contributed by atoms with van der Waals surface area (Å²) in [6.45, 7) is 3.86. The zero-order valence-electron chi connectivity index (χ0n) is 16.1. The zero-order chi connectivity index (χ0) is 18.5. The zero-order valence-corrected chi connectivity index (χ0v) is 16.1. The van der Waals surface area contributed by atoms with Crippen molar-refractivity contribution in [2.75, 3.05) is 31.1 Å². The van der Waals surface area contributed by atoms with Crippen LogP contribution in [0, 0.1) is 11.8 Å². The van der Waals surface area contributed by atoms with Gasteiger partial charge in [-0.15, -0.1) is 0 Å². The summed E-state index contributed by atoms with van der Waals surface area (Å²) < 4.78 is 0. The molecule has 0 radical (unpaired) electrons. The van der Waals surface area contributed by atoms with E-state index in [1.165, 1.54) is 11.3 Å². The molecule has 2 aliphatic rings. The van der Waals surface area contributed by atoms with Crippen LogP contribution in [0.5, 0.6) is 0 Å². The van der Waals surface area contributed by atoms with Gasteiger partial charge in [-0.25, -0.2) is 0 Å². The Morgan fingerprint density at radius 3 is 2.00 bits per heavy atom. The van der Waals surface area contributed by atoms with Crippen molar-refractivity contribution in [3.63, 3.8) is 0 Å². The first-order chi connectivity index (χ1) is 13.3. The smallest absolute Gasteiger partial charge is 0.225 e. The molecule has 0 aromatic heterocycles. The molecule has 1 amide bonds. The van der Waals surface area contributed by atoms with E-state index in [0.29, 0.717) is 5.91 Å². The highest BCUT2D eigenvalue weighted by Crippen LogP contribution is 2.27. The molecule has 142 valence electrons. The second kappa shape index (κ2) is 8.60. The molecular formula is C24H30N2O. The van der Waals surface area contributed by atoms with E-state index in [0.717, 1.165) is 64.2 Å². The van der Waals surface area contributed by atoms with Gasteiger partial charge in [0.05, 0.1) is 0 Å². The Labute approximate surface area is 163 Å². The van der Waals surface area contributed by atoms with E-state index < -0.39 is 0 Å². The molecular weight excluding hydrogens is 332 g/mol. The van der Waals surface area contributed by atoms with Crippen LogP contribution in [-0.4, -0.2) is 37.0 Å². The van der Waals surface area contributed by atoms with Crippen LogP contribution in [0.1, 0.15) is 31.2 Å². The lowest BCUT2D eigenvalue weighted by Crippen LogP contribution is -2.45. The highest BCUT2D eigenvalue weighted by Gasteiger charge is 2.30. The Hall–Kier alpha value is -2.29. The second-order valence-corrected chi connectivity index (χ2v) is 8.06. The van der Waals surface area contributed by atoms with E-state index in [9.17, 15) is 4.79 Å². The Morgan fingerprint density at radius 1 is 0.778 bits per heavy atom. The Kier molecular flexibility index (Phi) is 5.76. The number of carbonyl (C=O) groups is 1. The Balaban J connectivity index is 1.24. The lowest BCUT2D eigenvalue weighted by Gasteiger charge is -2.38. The fraction of sp³-hybridized carbons (Fsp3) is 0.458. The van der Waals surface area contributed by atoms with Crippen molar-refractivity contribution in [1.29, 1.82) is 0 Å². The number of benzene rings is 2. The molecule has 27 heavy (non-hydrogen) atoms. The third kappa shape index (κ3) is 4.52. The van der Waals surface area contributed by atoms with Crippen LogP contribution in [0.25, 0.3) is 0 Å². The van der Waals surface area contributed by atoms with Gasteiger partial charge in [0.2, 0.25) is 5.91 Å². The number of carbonyl (C=O) groups excluding carboxylic acids is 1. The van der Waals surface area contributed by atoms with E-state index in [4.69, 9.17) is 0 Å². The minimum absolute atomic E-state index is 0.218. The molecule has 2 aromatic carbocycles. The van der Waals surface area contributed by atoms with Gasteiger partial charge in [-0.3, -0.25) is 4.79 Å². The highest BCUT2D eigenvalue weighted by atomic mass is 16.2. The van der Waals surface area contributed by atoms with Crippen LogP contribution in [0.3, 0.4) is 0 Å². The topological polar surface area (TPSA) is 23.6 Å². The molecule has 2 aromatic rings. The predicted octanol–water partition coefficient (Wildman–Crippen LogP) is 4.38. The SMILES string of the molecule is O=C(C1CCN(c2ccccc2)CC1)N1CCC(Cc2ccccc2)CC1. The number of hydrogen-bond donors (Lipinski definition) is 0. The summed E-state index contributed by atoms with van der Waals surface area (Å²) in [6, 6.07) is 21.3. The molecule has 2 aliphatic heterocycles. The van der Waals surface area contributed by atoms with Gasteiger partial charge in [-0.05, 0) is 55.7 Å². The van der Waals surface area contributed by atoms with Crippen molar-refractivity contribution >= 4 is 11.6 Å². The van der Waals surface area contributed by atoms with Crippen LogP contribution in [-0.2, 0) is 11.2 Å². The third-order valence-corrected chi connectivity index (χ3v) is 6.26. The lowest BCUT2D eigenvalue weighted by atomic mass is 9.88. The number of hydrogen-bond acceptors (Lipinski definition) is 2. The molecule has 2 fully saturated rings. The number of anilines is 1. The van der Waals surface area contributed by atoms with Crippen molar-refractivity contribution < 1.29 is 4.79 Å². The van der Waals surface area contributed by atoms with E-state index >= 15 is 0 Å². The van der Waals surface area contributed by atoms with Crippen molar-refractivity contribution in [2.24, 2.45) is 11.8 Å². The number of likely N-dealkylation sites (tertiary alicyclic amines) is 1. The average molecular weight is 363 g/mol. The maximum Gasteiger partial charge on any atom is 0.225 e. The summed E-state index contributed by atoms with van der Waals surface area (Å²) in [7, 11) is 0. The summed E-state index contributed by atoms with van der Waals surface area (Å²) in [5, 5.41) is 0. The first kappa shape index (κ1) is 18.1. The molecule has 2 heterocycles. The van der Waals surface area contributed by atoms with Gasteiger partial charge in [0.15, 0.2) is 0 Å². The summed E-state index contributed by atoms with van der Waals surface area (Å²) in [5.41, 5.74) is 2.71.